The summed E-state index contributed by atoms with van der Waals surface area (Å²) in [6.07, 6.45) is 3.37. The van der Waals surface area contributed by atoms with Crippen molar-refractivity contribution in [1.29, 1.82) is 0 Å². The average molecular weight is 338 g/mol. The van der Waals surface area contributed by atoms with E-state index in [4.69, 9.17) is 5.11 Å². The molecule has 3 heteroatoms. The molecule has 2 aromatic carbocycles. The number of rotatable bonds is 3. The van der Waals surface area contributed by atoms with Gasteiger partial charge in [-0.1, -0.05) is 44.2 Å². The van der Waals surface area contributed by atoms with Crippen LogP contribution in [-0.2, 0) is 5.41 Å². The molecule has 0 fully saturated rings. The maximum atomic E-state index is 11.0. The van der Waals surface area contributed by atoms with E-state index in [1.165, 1.54) is 28.2 Å². The zero-order valence-electron chi connectivity index (χ0n) is 14.3. The van der Waals surface area contributed by atoms with Gasteiger partial charge in [0, 0.05) is 4.90 Å². The van der Waals surface area contributed by atoms with Crippen LogP contribution in [0.25, 0.3) is 11.6 Å². The van der Waals surface area contributed by atoms with E-state index < -0.39 is 5.97 Å². The van der Waals surface area contributed by atoms with Gasteiger partial charge in [-0.3, -0.25) is 0 Å². The first-order chi connectivity index (χ1) is 11.4. The van der Waals surface area contributed by atoms with E-state index in [1.807, 2.05) is 23.9 Å². The molecule has 0 saturated heterocycles. The van der Waals surface area contributed by atoms with Crippen LogP contribution in [0.1, 0.15) is 54.2 Å². The molecule has 0 saturated carbocycles. The Bertz CT molecular complexity index is 801. The lowest BCUT2D eigenvalue weighted by molar-refractivity contribution is 0.0697. The van der Waals surface area contributed by atoms with Gasteiger partial charge < -0.3 is 5.11 Å². The van der Waals surface area contributed by atoms with Gasteiger partial charge in [0.05, 0.1) is 5.56 Å². The second kappa shape index (κ2) is 6.48. The molecule has 24 heavy (non-hydrogen) atoms. The quantitative estimate of drug-likeness (QED) is 0.727. The van der Waals surface area contributed by atoms with Crippen molar-refractivity contribution in [2.24, 2.45) is 0 Å². The van der Waals surface area contributed by atoms with Crippen molar-refractivity contribution in [1.82, 2.24) is 0 Å². The molecule has 1 aliphatic heterocycles. The lowest BCUT2D eigenvalue weighted by Gasteiger charge is -2.32. The number of fused-ring (bicyclic) bond motifs is 1. The molecule has 0 atom stereocenters. The van der Waals surface area contributed by atoms with E-state index >= 15 is 0 Å². The Kier molecular flexibility index (Phi) is 4.55. The Morgan fingerprint density at radius 3 is 2.46 bits per heavy atom. The van der Waals surface area contributed by atoms with Crippen LogP contribution in [0.5, 0.6) is 0 Å². The molecule has 2 nitrogen and oxygen atoms in total. The fourth-order valence-corrected chi connectivity index (χ4v) is 4.54. The van der Waals surface area contributed by atoms with Gasteiger partial charge in [0.25, 0.3) is 0 Å². The summed E-state index contributed by atoms with van der Waals surface area (Å²) in [5.74, 6) is 0.294. The van der Waals surface area contributed by atoms with Crippen LogP contribution in [0.2, 0.25) is 0 Å². The van der Waals surface area contributed by atoms with Crippen LogP contribution in [0.4, 0.5) is 0 Å². The van der Waals surface area contributed by atoms with Gasteiger partial charge >= 0.3 is 5.97 Å². The molecule has 124 valence electrons. The first-order valence-electron chi connectivity index (χ1n) is 8.16. The van der Waals surface area contributed by atoms with Gasteiger partial charge in [-0.05, 0) is 65.0 Å². The van der Waals surface area contributed by atoms with E-state index in [0.717, 1.165) is 11.1 Å². The molecule has 0 aromatic heterocycles. The van der Waals surface area contributed by atoms with Crippen LogP contribution in [0.15, 0.2) is 47.4 Å². The van der Waals surface area contributed by atoms with Crippen LogP contribution in [0, 0.1) is 0 Å². The Labute approximate surface area is 147 Å². The highest BCUT2D eigenvalue weighted by molar-refractivity contribution is 7.99. The van der Waals surface area contributed by atoms with Crippen molar-refractivity contribution in [3.8, 4) is 0 Å². The SMILES string of the molecule is CC(=Cc1ccc2c(c1)C(C)(C)CCS2)c1ccc(C(=O)O)cc1. The number of carboxylic acids is 1. The smallest absolute Gasteiger partial charge is 0.335 e. The summed E-state index contributed by atoms with van der Waals surface area (Å²) in [4.78, 5) is 12.3. The normalized spacial score (nSPS) is 16.5. The summed E-state index contributed by atoms with van der Waals surface area (Å²) in [5, 5.41) is 8.99. The molecule has 0 amide bonds. The highest BCUT2D eigenvalue weighted by Crippen LogP contribution is 2.42. The van der Waals surface area contributed by atoms with Crippen molar-refractivity contribution >= 4 is 29.4 Å². The molecule has 1 heterocycles. The highest BCUT2D eigenvalue weighted by atomic mass is 32.2. The van der Waals surface area contributed by atoms with Crippen molar-refractivity contribution in [3.63, 3.8) is 0 Å². The predicted octanol–water partition coefficient (Wildman–Crippen LogP) is 5.72. The Balaban J connectivity index is 1.92. The van der Waals surface area contributed by atoms with Gasteiger partial charge in [0.15, 0.2) is 0 Å². The number of carboxylic acid groups (broad SMARTS) is 1. The minimum absolute atomic E-state index is 0.224. The molecule has 3 rings (SSSR count). The number of hydrogen-bond donors (Lipinski definition) is 1. The fourth-order valence-electron chi connectivity index (χ4n) is 3.05. The third kappa shape index (κ3) is 3.41. The molecular weight excluding hydrogens is 316 g/mol. The molecule has 0 aliphatic carbocycles. The van der Waals surface area contributed by atoms with E-state index in [0.29, 0.717) is 5.56 Å². The van der Waals surface area contributed by atoms with Gasteiger partial charge in [0.2, 0.25) is 0 Å². The summed E-state index contributed by atoms with van der Waals surface area (Å²) >= 11 is 1.94. The number of hydrogen-bond acceptors (Lipinski definition) is 2. The van der Waals surface area contributed by atoms with Gasteiger partial charge in [-0.15, -0.1) is 11.8 Å². The summed E-state index contributed by atoms with van der Waals surface area (Å²) < 4.78 is 0. The second-order valence-corrected chi connectivity index (χ2v) is 8.08. The van der Waals surface area contributed by atoms with E-state index in [-0.39, 0.29) is 5.41 Å². The van der Waals surface area contributed by atoms with E-state index in [9.17, 15) is 4.79 Å². The van der Waals surface area contributed by atoms with Crippen LogP contribution >= 0.6 is 11.8 Å². The maximum Gasteiger partial charge on any atom is 0.335 e. The number of benzene rings is 2. The van der Waals surface area contributed by atoms with Crippen LogP contribution in [-0.4, -0.2) is 16.8 Å². The number of aromatic carboxylic acids is 1. The second-order valence-electron chi connectivity index (χ2n) is 6.95. The Morgan fingerprint density at radius 2 is 1.79 bits per heavy atom. The van der Waals surface area contributed by atoms with Crippen LogP contribution < -0.4 is 0 Å². The molecule has 0 spiro atoms. The summed E-state index contributed by atoms with van der Waals surface area (Å²) in [6.45, 7) is 6.70. The molecule has 0 bridgehead atoms. The lowest BCUT2D eigenvalue weighted by Crippen LogP contribution is -2.22. The predicted molar refractivity (Wildman–Crippen MR) is 102 cm³/mol. The minimum Gasteiger partial charge on any atom is -0.478 e. The summed E-state index contributed by atoms with van der Waals surface area (Å²) in [6, 6.07) is 13.7. The molecule has 1 N–H and O–H groups in total. The van der Waals surface area contributed by atoms with Crippen molar-refractivity contribution < 1.29 is 9.90 Å². The van der Waals surface area contributed by atoms with Crippen molar-refractivity contribution in [2.45, 2.75) is 37.5 Å². The molecule has 2 aromatic rings. The number of allylic oxidation sites excluding steroid dienone is 1. The average Bonchev–Trinajstić information content (AvgIpc) is 2.55. The molecular formula is C21H22O2S. The van der Waals surface area contributed by atoms with Gasteiger partial charge in [-0.2, -0.15) is 0 Å². The van der Waals surface area contributed by atoms with Gasteiger partial charge in [0.1, 0.15) is 0 Å². The lowest BCUT2D eigenvalue weighted by atomic mass is 9.81. The van der Waals surface area contributed by atoms with E-state index in [2.05, 4.69) is 45.0 Å². The largest absolute Gasteiger partial charge is 0.478 e. The number of carbonyl (C=O) groups is 1. The fraction of sp³-hybridized carbons (Fsp3) is 0.286. The van der Waals surface area contributed by atoms with E-state index in [1.54, 1.807) is 12.1 Å². The van der Waals surface area contributed by atoms with Crippen molar-refractivity contribution in [2.75, 3.05) is 5.75 Å². The Morgan fingerprint density at radius 1 is 1.12 bits per heavy atom. The van der Waals surface area contributed by atoms with Crippen molar-refractivity contribution in [3.05, 3.63) is 64.7 Å². The maximum absolute atomic E-state index is 11.0. The zero-order valence-corrected chi connectivity index (χ0v) is 15.1. The zero-order chi connectivity index (χ0) is 17.3. The molecule has 1 aliphatic rings. The topological polar surface area (TPSA) is 37.3 Å². The monoisotopic (exact) mass is 338 g/mol. The standard InChI is InChI=1S/C21H22O2S/c1-14(16-5-7-17(8-6-16)20(22)23)12-15-4-9-19-18(13-15)21(2,3)10-11-24-19/h4-9,12-13H,10-11H2,1-3H3,(H,22,23). The number of thioether (sulfide) groups is 1. The molecule has 0 unspecified atom stereocenters. The first kappa shape index (κ1) is 16.8. The third-order valence-electron chi connectivity index (χ3n) is 4.69. The summed E-state index contributed by atoms with van der Waals surface area (Å²) in [5.41, 5.74) is 5.35. The third-order valence-corrected chi connectivity index (χ3v) is 5.76. The van der Waals surface area contributed by atoms with Crippen LogP contribution in [0.3, 0.4) is 0 Å². The van der Waals surface area contributed by atoms with Gasteiger partial charge in [-0.25, -0.2) is 4.79 Å². The Hall–Kier alpha value is -2.00. The highest BCUT2D eigenvalue weighted by Gasteiger charge is 2.27. The first-order valence-corrected chi connectivity index (χ1v) is 9.15. The summed E-state index contributed by atoms with van der Waals surface area (Å²) in [7, 11) is 0. The molecule has 0 radical (unpaired) electrons. The minimum atomic E-state index is -0.891.